The Labute approximate surface area is 163 Å². The predicted octanol–water partition coefficient (Wildman–Crippen LogP) is 3.53. The van der Waals surface area contributed by atoms with Crippen LogP contribution in [0.3, 0.4) is 0 Å². The number of pyridine rings is 1. The van der Waals surface area contributed by atoms with Crippen molar-refractivity contribution in [3.63, 3.8) is 0 Å². The molecule has 1 amide bonds. The van der Waals surface area contributed by atoms with Crippen LogP contribution >= 0.6 is 15.9 Å². The first kappa shape index (κ1) is 18.8. The number of carboxylic acid groups (broad SMARTS) is 1. The van der Waals surface area contributed by atoms with Crippen LogP contribution in [0.15, 0.2) is 57.6 Å². The summed E-state index contributed by atoms with van der Waals surface area (Å²) in [5, 5.41) is 9.17. The number of halogens is 1. The van der Waals surface area contributed by atoms with Crippen molar-refractivity contribution >= 4 is 27.8 Å². The highest BCUT2D eigenvalue weighted by molar-refractivity contribution is 9.10. The van der Waals surface area contributed by atoms with Gasteiger partial charge >= 0.3 is 5.97 Å². The Bertz CT molecular complexity index is 955. The minimum absolute atomic E-state index is 0.0614. The zero-order chi connectivity index (χ0) is 19.4. The lowest BCUT2D eigenvalue weighted by atomic mass is 10.2. The van der Waals surface area contributed by atoms with Gasteiger partial charge in [-0.2, -0.15) is 0 Å². The normalized spacial score (nSPS) is 10.6. The molecule has 3 aromatic rings. The van der Waals surface area contributed by atoms with E-state index in [4.69, 9.17) is 4.42 Å². The van der Waals surface area contributed by atoms with Gasteiger partial charge in [0.1, 0.15) is 12.3 Å². The number of rotatable bonds is 6. The zero-order valence-corrected chi connectivity index (χ0v) is 16.0. The van der Waals surface area contributed by atoms with Gasteiger partial charge in [0.25, 0.3) is 5.91 Å². The van der Waals surface area contributed by atoms with Gasteiger partial charge in [-0.3, -0.25) is 14.6 Å². The van der Waals surface area contributed by atoms with Crippen molar-refractivity contribution < 1.29 is 19.1 Å². The smallest absolute Gasteiger partial charge is 0.323 e. The number of amides is 1. The number of aromatic nitrogens is 2. The molecule has 0 aliphatic rings. The molecular formula is C19H16BrN3O4. The van der Waals surface area contributed by atoms with E-state index < -0.39 is 18.4 Å². The number of hydrogen-bond acceptors (Lipinski definition) is 5. The molecule has 0 unspecified atom stereocenters. The lowest BCUT2D eigenvalue weighted by molar-refractivity contribution is -0.137. The topological polar surface area (TPSA) is 96.5 Å². The molecule has 0 saturated carbocycles. The average molecular weight is 430 g/mol. The predicted molar refractivity (Wildman–Crippen MR) is 101 cm³/mol. The number of benzene rings is 1. The summed E-state index contributed by atoms with van der Waals surface area (Å²) in [5.74, 6) is -1.01. The standard InChI is InChI=1S/C19H16BrN3O4/c1-12-17(22-18(27-12)13-5-7-14(20)8-6-13)19(26)23(11-16(24)25)10-15-4-2-3-9-21-15/h2-9H,10-11H2,1H3,(H,24,25). The fraction of sp³-hybridized carbons (Fsp3) is 0.158. The Balaban J connectivity index is 1.89. The van der Waals surface area contributed by atoms with Crippen LogP contribution in [0, 0.1) is 6.92 Å². The zero-order valence-electron chi connectivity index (χ0n) is 14.4. The van der Waals surface area contributed by atoms with Crippen LogP contribution in [0.5, 0.6) is 0 Å². The van der Waals surface area contributed by atoms with Crippen LogP contribution in [-0.4, -0.2) is 38.4 Å². The van der Waals surface area contributed by atoms with E-state index in [1.165, 1.54) is 4.90 Å². The number of hydrogen-bond donors (Lipinski definition) is 1. The van der Waals surface area contributed by atoms with Gasteiger partial charge in [-0.15, -0.1) is 0 Å². The lowest BCUT2D eigenvalue weighted by Crippen LogP contribution is -2.36. The third kappa shape index (κ3) is 4.59. The summed E-state index contributed by atoms with van der Waals surface area (Å²) in [6, 6.07) is 12.6. The number of carbonyl (C=O) groups excluding carboxylic acids is 1. The highest BCUT2D eigenvalue weighted by Crippen LogP contribution is 2.24. The molecule has 0 bridgehead atoms. The maximum Gasteiger partial charge on any atom is 0.323 e. The molecule has 138 valence electrons. The van der Waals surface area contributed by atoms with Crippen LogP contribution < -0.4 is 0 Å². The molecule has 2 heterocycles. The van der Waals surface area contributed by atoms with Gasteiger partial charge in [0.2, 0.25) is 5.89 Å². The summed E-state index contributed by atoms with van der Waals surface area (Å²) >= 11 is 3.36. The van der Waals surface area contributed by atoms with Gasteiger partial charge in [0, 0.05) is 16.2 Å². The maximum atomic E-state index is 12.9. The van der Waals surface area contributed by atoms with Gasteiger partial charge < -0.3 is 14.4 Å². The number of oxazole rings is 1. The van der Waals surface area contributed by atoms with Crippen LogP contribution in [0.1, 0.15) is 21.9 Å². The first-order chi connectivity index (χ1) is 12.9. The van der Waals surface area contributed by atoms with Crippen molar-refractivity contribution in [2.75, 3.05) is 6.54 Å². The molecule has 1 N–H and O–H groups in total. The second-order valence-corrected chi connectivity index (χ2v) is 6.72. The molecule has 0 spiro atoms. The molecule has 0 aliphatic carbocycles. The van der Waals surface area contributed by atoms with E-state index in [1.54, 1.807) is 31.3 Å². The molecule has 2 aromatic heterocycles. The molecule has 0 atom stereocenters. The SMILES string of the molecule is Cc1oc(-c2ccc(Br)cc2)nc1C(=O)N(CC(=O)O)Cc1ccccn1. The van der Waals surface area contributed by atoms with Crippen molar-refractivity contribution in [2.24, 2.45) is 0 Å². The second kappa shape index (κ2) is 8.13. The molecule has 8 heteroatoms. The number of carboxylic acids is 1. The molecule has 0 aliphatic heterocycles. The van der Waals surface area contributed by atoms with E-state index in [9.17, 15) is 14.7 Å². The maximum absolute atomic E-state index is 12.9. The first-order valence-electron chi connectivity index (χ1n) is 8.08. The van der Waals surface area contributed by atoms with Crippen LogP contribution in [-0.2, 0) is 11.3 Å². The number of carbonyl (C=O) groups is 2. The first-order valence-corrected chi connectivity index (χ1v) is 8.87. The summed E-state index contributed by atoms with van der Waals surface area (Å²) in [7, 11) is 0. The fourth-order valence-corrected chi connectivity index (χ4v) is 2.77. The van der Waals surface area contributed by atoms with Gasteiger partial charge in [-0.25, -0.2) is 4.98 Å². The van der Waals surface area contributed by atoms with Crippen molar-refractivity contribution in [3.05, 3.63) is 70.3 Å². The Morgan fingerprint density at radius 3 is 2.56 bits per heavy atom. The summed E-state index contributed by atoms with van der Waals surface area (Å²) in [4.78, 5) is 33.8. The highest BCUT2D eigenvalue weighted by atomic mass is 79.9. The van der Waals surface area contributed by atoms with Gasteiger partial charge in [-0.05, 0) is 43.3 Å². The number of aryl methyl sites for hydroxylation is 1. The fourth-order valence-electron chi connectivity index (χ4n) is 2.51. The number of aliphatic carboxylic acids is 1. The molecule has 0 fully saturated rings. The molecule has 1 aromatic carbocycles. The average Bonchev–Trinajstić information content (AvgIpc) is 3.03. The van der Waals surface area contributed by atoms with Crippen molar-refractivity contribution in [1.29, 1.82) is 0 Å². The minimum Gasteiger partial charge on any atom is -0.480 e. The molecule has 7 nitrogen and oxygen atoms in total. The molecule has 3 rings (SSSR count). The minimum atomic E-state index is -1.12. The largest absolute Gasteiger partial charge is 0.480 e. The second-order valence-electron chi connectivity index (χ2n) is 5.81. The molecule has 0 radical (unpaired) electrons. The Morgan fingerprint density at radius 2 is 1.93 bits per heavy atom. The lowest BCUT2D eigenvalue weighted by Gasteiger charge is -2.19. The summed E-state index contributed by atoms with van der Waals surface area (Å²) in [6.07, 6.45) is 1.59. The summed E-state index contributed by atoms with van der Waals surface area (Å²) in [6.45, 7) is 1.23. The van der Waals surface area contributed by atoms with E-state index in [0.717, 1.165) is 10.0 Å². The molecular weight excluding hydrogens is 414 g/mol. The van der Waals surface area contributed by atoms with Gasteiger partial charge in [0.15, 0.2) is 5.69 Å². The van der Waals surface area contributed by atoms with Crippen LogP contribution in [0.25, 0.3) is 11.5 Å². The van der Waals surface area contributed by atoms with E-state index >= 15 is 0 Å². The van der Waals surface area contributed by atoms with E-state index in [-0.39, 0.29) is 12.2 Å². The van der Waals surface area contributed by atoms with Gasteiger partial charge in [0.05, 0.1) is 12.2 Å². The van der Waals surface area contributed by atoms with Crippen molar-refractivity contribution in [3.8, 4) is 11.5 Å². The monoisotopic (exact) mass is 429 g/mol. The van der Waals surface area contributed by atoms with Crippen molar-refractivity contribution in [2.45, 2.75) is 13.5 Å². The third-order valence-corrected chi connectivity index (χ3v) is 4.31. The van der Waals surface area contributed by atoms with E-state index in [0.29, 0.717) is 17.3 Å². The summed E-state index contributed by atoms with van der Waals surface area (Å²) < 4.78 is 6.54. The molecule has 0 saturated heterocycles. The number of nitrogens with zero attached hydrogens (tertiary/aromatic N) is 3. The Kier molecular flexibility index (Phi) is 5.66. The Morgan fingerprint density at radius 1 is 1.19 bits per heavy atom. The van der Waals surface area contributed by atoms with E-state index in [1.807, 2.05) is 24.3 Å². The quantitative estimate of drug-likeness (QED) is 0.643. The third-order valence-electron chi connectivity index (χ3n) is 3.78. The van der Waals surface area contributed by atoms with Crippen molar-refractivity contribution in [1.82, 2.24) is 14.9 Å². The summed E-state index contributed by atoms with van der Waals surface area (Å²) in [5.41, 5.74) is 1.39. The van der Waals surface area contributed by atoms with E-state index in [2.05, 4.69) is 25.9 Å². The van der Waals surface area contributed by atoms with Crippen LogP contribution in [0.4, 0.5) is 0 Å². The molecule has 27 heavy (non-hydrogen) atoms. The highest BCUT2D eigenvalue weighted by Gasteiger charge is 2.25. The van der Waals surface area contributed by atoms with Crippen LogP contribution in [0.2, 0.25) is 0 Å². The van der Waals surface area contributed by atoms with Gasteiger partial charge in [-0.1, -0.05) is 22.0 Å². The Hall–Kier alpha value is -3.00.